The summed E-state index contributed by atoms with van der Waals surface area (Å²) in [7, 11) is 1.73. The summed E-state index contributed by atoms with van der Waals surface area (Å²) in [5, 5.41) is 3.61. The molecular formula is C15H23NO. The molecule has 0 bridgehead atoms. The van der Waals surface area contributed by atoms with E-state index < -0.39 is 0 Å². The van der Waals surface area contributed by atoms with Gasteiger partial charge in [0.05, 0.1) is 7.11 Å². The molecule has 0 saturated carbocycles. The molecule has 1 aliphatic heterocycles. The first-order valence-electron chi connectivity index (χ1n) is 6.53. The van der Waals surface area contributed by atoms with Gasteiger partial charge < -0.3 is 10.1 Å². The SMILES string of the molecule is COc1ccc([C@H]2C[C@@H](C)CN2)c(C(C)C)c1. The Kier molecular flexibility index (Phi) is 3.72. The van der Waals surface area contributed by atoms with E-state index in [0.717, 1.165) is 18.2 Å². The zero-order valence-corrected chi connectivity index (χ0v) is 11.3. The third-order valence-electron chi connectivity index (χ3n) is 3.64. The van der Waals surface area contributed by atoms with Crippen LogP contribution in [0.25, 0.3) is 0 Å². The fourth-order valence-electron chi connectivity index (χ4n) is 2.65. The van der Waals surface area contributed by atoms with Gasteiger partial charge in [0.2, 0.25) is 0 Å². The van der Waals surface area contributed by atoms with Gasteiger partial charge in [0.1, 0.15) is 5.75 Å². The topological polar surface area (TPSA) is 21.3 Å². The summed E-state index contributed by atoms with van der Waals surface area (Å²) in [6, 6.07) is 7.01. The third-order valence-corrected chi connectivity index (χ3v) is 3.64. The van der Waals surface area contributed by atoms with Crippen LogP contribution in [0, 0.1) is 5.92 Å². The molecule has 1 saturated heterocycles. The quantitative estimate of drug-likeness (QED) is 0.863. The molecule has 0 spiro atoms. The Morgan fingerprint density at radius 3 is 2.65 bits per heavy atom. The highest BCUT2D eigenvalue weighted by Gasteiger charge is 2.24. The average Bonchev–Trinajstić information content (AvgIpc) is 2.75. The van der Waals surface area contributed by atoms with E-state index in [-0.39, 0.29) is 0 Å². The Labute approximate surface area is 104 Å². The highest BCUT2D eigenvalue weighted by atomic mass is 16.5. The van der Waals surface area contributed by atoms with Crippen molar-refractivity contribution in [3.05, 3.63) is 29.3 Å². The largest absolute Gasteiger partial charge is 0.497 e. The average molecular weight is 233 g/mol. The molecule has 1 aromatic rings. The van der Waals surface area contributed by atoms with E-state index in [2.05, 4.69) is 44.3 Å². The molecule has 0 unspecified atom stereocenters. The number of hydrogen-bond acceptors (Lipinski definition) is 2. The van der Waals surface area contributed by atoms with Gasteiger partial charge in [-0.15, -0.1) is 0 Å². The maximum Gasteiger partial charge on any atom is 0.119 e. The molecule has 1 aliphatic rings. The van der Waals surface area contributed by atoms with Crippen LogP contribution in [0.1, 0.15) is 50.3 Å². The van der Waals surface area contributed by atoms with E-state index in [1.165, 1.54) is 17.5 Å². The summed E-state index contributed by atoms with van der Waals surface area (Å²) < 4.78 is 5.32. The van der Waals surface area contributed by atoms with Crippen LogP contribution >= 0.6 is 0 Å². The second kappa shape index (κ2) is 5.09. The lowest BCUT2D eigenvalue weighted by molar-refractivity contribution is 0.413. The summed E-state index contributed by atoms with van der Waals surface area (Å²) in [6.07, 6.45) is 1.24. The van der Waals surface area contributed by atoms with Crippen molar-refractivity contribution >= 4 is 0 Å². The normalized spacial score (nSPS) is 24.3. The highest BCUT2D eigenvalue weighted by Crippen LogP contribution is 2.34. The van der Waals surface area contributed by atoms with Crippen LogP contribution in [-0.2, 0) is 0 Å². The summed E-state index contributed by atoms with van der Waals surface area (Å²) in [5.41, 5.74) is 2.86. The van der Waals surface area contributed by atoms with Crippen LogP contribution in [0.3, 0.4) is 0 Å². The molecule has 1 aromatic carbocycles. The van der Waals surface area contributed by atoms with Gasteiger partial charge in [0, 0.05) is 6.04 Å². The summed E-state index contributed by atoms with van der Waals surface area (Å²) in [4.78, 5) is 0. The van der Waals surface area contributed by atoms with Crippen LogP contribution in [0.4, 0.5) is 0 Å². The summed E-state index contributed by atoms with van der Waals surface area (Å²) in [6.45, 7) is 7.94. The first-order chi connectivity index (χ1) is 8.11. The minimum absolute atomic E-state index is 0.522. The molecule has 1 heterocycles. The smallest absolute Gasteiger partial charge is 0.119 e. The lowest BCUT2D eigenvalue weighted by atomic mass is 9.91. The van der Waals surface area contributed by atoms with Gasteiger partial charge in [-0.2, -0.15) is 0 Å². The predicted molar refractivity (Wildman–Crippen MR) is 71.6 cm³/mol. The molecule has 0 aromatic heterocycles. The van der Waals surface area contributed by atoms with Crippen LogP contribution in [-0.4, -0.2) is 13.7 Å². The molecule has 1 fully saturated rings. The van der Waals surface area contributed by atoms with E-state index in [1.807, 2.05) is 0 Å². The molecular weight excluding hydrogens is 210 g/mol. The second-order valence-electron chi connectivity index (χ2n) is 5.45. The molecule has 0 amide bonds. The number of ether oxygens (including phenoxy) is 1. The van der Waals surface area contributed by atoms with Gasteiger partial charge in [-0.05, 0) is 48.1 Å². The standard InChI is InChI=1S/C15H23NO/c1-10(2)14-8-12(17-4)5-6-13(14)15-7-11(3)9-16-15/h5-6,8,10-11,15-16H,7,9H2,1-4H3/t11-,15-/m1/s1. The van der Waals surface area contributed by atoms with Crippen LogP contribution < -0.4 is 10.1 Å². The lowest BCUT2D eigenvalue weighted by Crippen LogP contribution is -2.15. The van der Waals surface area contributed by atoms with Crippen molar-refractivity contribution in [2.24, 2.45) is 5.92 Å². The highest BCUT2D eigenvalue weighted by molar-refractivity contribution is 5.39. The molecule has 17 heavy (non-hydrogen) atoms. The Morgan fingerprint density at radius 2 is 2.12 bits per heavy atom. The monoisotopic (exact) mass is 233 g/mol. The predicted octanol–water partition coefficient (Wildman–Crippen LogP) is 3.49. The Morgan fingerprint density at radius 1 is 1.35 bits per heavy atom. The number of benzene rings is 1. The van der Waals surface area contributed by atoms with Gasteiger partial charge >= 0.3 is 0 Å². The fourth-order valence-corrected chi connectivity index (χ4v) is 2.65. The number of nitrogens with one attached hydrogen (secondary N) is 1. The van der Waals surface area contributed by atoms with Crippen molar-refractivity contribution in [2.45, 2.75) is 39.2 Å². The lowest BCUT2D eigenvalue weighted by Gasteiger charge is -2.19. The van der Waals surface area contributed by atoms with Crippen LogP contribution in [0.5, 0.6) is 5.75 Å². The van der Waals surface area contributed by atoms with E-state index >= 15 is 0 Å². The van der Waals surface area contributed by atoms with E-state index in [1.54, 1.807) is 7.11 Å². The molecule has 2 nitrogen and oxygen atoms in total. The van der Waals surface area contributed by atoms with Crippen molar-refractivity contribution in [3.63, 3.8) is 0 Å². The summed E-state index contributed by atoms with van der Waals surface area (Å²) in [5.74, 6) is 2.28. The Bertz CT molecular complexity index is 387. The van der Waals surface area contributed by atoms with Crippen LogP contribution in [0.2, 0.25) is 0 Å². The molecule has 1 N–H and O–H groups in total. The van der Waals surface area contributed by atoms with Gasteiger partial charge in [-0.1, -0.05) is 26.8 Å². The maximum atomic E-state index is 5.32. The van der Waals surface area contributed by atoms with E-state index in [0.29, 0.717) is 12.0 Å². The second-order valence-corrected chi connectivity index (χ2v) is 5.45. The van der Waals surface area contributed by atoms with Crippen molar-refractivity contribution in [1.82, 2.24) is 5.32 Å². The maximum absolute atomic E-state index is 5.32. The van der Waals surface area contributed by atoms with Crippen molar-refractivity contribution in [2.75, 3.05) is 13.7 Å². The van der Waals surface area contributed by atoms with Gasteiger partial charge in [0.25, 0.3) is 0 Å². The van der Waals surface area contributed by atoms with Crippen LogP contribution in [0.15, 0.2) is 18.2 Å². The van der Waals surface area contributed by atoms with Crippen molar-refractivity contribution in [1.29, 1.82) is 0 Å². The first-order valence-corrected chi connectivity index (χ1v) is 6.53. The first kappa shape index (κ1) is 12.4. The van der Waals surface area contributed by atoms with E-state index in [4.69, 9.17) is 4.74 Å². The molecule has 0 radical (unpaired) electrons. The molecule has 2 rings (SSSR count). The van der Waals surface area contributed by atoms with E-state index in [9.17, 15) is 0 Å². The van der Waals surface area contributed by atoms with Gasteiger partial charge in [-0.25, -0.2) is 0 Å². The third kappa shape index (κ3) is 2.63. The van der Waals surface area contributed by atoms with Crippen molar-refractivity contribution < 1.29 is 4.74 Å². The van der Waals surface area contributed by atoms with Gasteiger partial charge in [0.15, 0.2) is 0 Å². The Balaban J connectivity index is 2.32. The molecule has 94 valence electrons. The molecule has 2 atom stereocenters. The molecule has 0 aliphatic carbocycles. The number of methoxy groups -OCH3 is 1. The van der Waals surface area contributed by atoms with Gasteiger partial charge in [-0.3, -0.25) is 0 Å². The zero-order valence-electron chi connectivity index (χ0n) is 11.3. The summed E-state index contributed by atoms with van der Waals surface area (Å²) >= 11 is 0. The molecule has 2 heteroatoms. The fraction of sp³-hybridized carbons (Fsp3) is 0.600. The minimum Gasteiger partial charge on any atom is -0.497 e. The zero-order chi connectivity index (χ0) is 12.4. The minimum atomic E-state index is 0.522. The number of hydrogen-bond donors (Lipinski definition) is 1. The number of rotatable bonds is 3. The Hall–Kier alpha value is -1.02. The van der Waals surface area contributed by atoms with Crippen molar-refractivity contribution in [3.8, 4) is 5.75 Å².